The molecule has 1 aliphatic heterocycles. The van der Waals surface area contributed by atoms with Gasteiger partial charge in [0, 0.05) is 38.4 Å². The third-order valence-electron chi connectivity index (χ3n) is 6.17. The van der Waals surface area contributed by atoms with Gasteiger partial charge in [0.1, 0.15) is 11.5 Å². The van der Waals surface area contributed by atoms with Crippen molar-refractivity contribution in [1.29, 1.82) is 0 Å². The topological polar surface area (TPSA) is 75.0 Å². The van der Waals surface area contributed by atoms with Gasteiger partial charge in [0.05, 0.1) is 24.3 Å². The van der Waals surface area contributed by atoms with Crippen molar-refractivity contribution in [2.75, 3.05) is 44.7 Å². The molecule has 176 valence electrons. The molecule has 0 bridgehead atoms. The standard InChI is InChI=1S/C25H31N3O4S/c1-3-20-6-12-23(13-7-20)33(29,30)26-19-24(25-5-4-18-32-25)28-16-14-27(15-17-28)21-8-10-22(31-2)11-9-21/h4-13,18,24,26H,3,14-17,19H2,1-2H3. The Kier molecular flexibility index (Phi) is 7.37. The third-order valence-corrected chi connectivity index (χ3v) is 7.61. The average molecular weight is 470 g/mol. The highest BCUT2D eigenvalue weighted by Crippen LogP contribution is 2.26. The molecular weight excluding hydrogens is 438 g/mol. The number of sulfonamides is 1. The van der Waals surface area contributed by atoms with Crippen LogP contribution in [-0.4, -0.2) is 53.2 Å². The smallest absolute Gasteiger partial charge is 0.240 e. The number of piperazine rings is 1. The molecule has 33 heavy (non-hydrogen) atoms. The van der Waals surface area contributed by atoms with Crippen molar-refractivity contribution < 1.29 is 17.6 Å². The number of benzene rings is 2. The number of rotatable bonds is 9. The number of nitrogens with zero attached hydrogens (tertiary/aromatic N) is 2. The Labute approximate surface area is 196 Å². The average Bonchev–Trinajstić information content (AvgIpc) is 3.39. The number of furan rings is 1. The molecule has 0 radical (unpaired) electrons. The van der Waals surface area contributed by atoms with Crippen LogP contribution in [0, 0.1) is 0 Å². The summed E-state index contributed by atoms with van der Waals surface area (Å²) in [7, 11) is -1.95. The van der Waals surface area contributed by atoms with Gasteiger partial charge in [-0.15, -0.1) is 0 Å². The van der Waals surface area contributed by atoms with Gasteiger partial charge in [-0.25, -0.2) is 13.1 Å². The Morgan fingerprint density at radius 3 is 2.27 bits per heavy atom. The van der Waals surface area contributed by atoms with Crippen LogP contribution in [-0.2, 0) is 16.4 Å². The molecule has 0 amide bonds. The minimum absolute atomic E-state index is 0.178. The molecule has 1 N–H and O–H groups in total. The van der Waals surface area contributed by atoms with Gasteiger partial charge in [-0.3, -0.25) is 4.90 Å². The first-order chi connectivity index (χ1) is 16.0. The zero-order chi connectivity index (χ0) is 23.3. The number of nitrogens with one attached hydrogen (secondary N) is 1. The monoisotopic (exact) mass is 469 g/mol. The third kappa shape index (κ3) is 5.58. The maximum Gasteiger partial charge on any atom is 0.240 e. The highest BCUT2D eigenvalue weighted by Gasteiger charge is 2.28. The lowest BCUT2D eigenvalue weighted by Gasteiger charge is -2.39. The zero-order valence-electron chi connectivity index (χ0n) is 19.1. The van der Waals surface area contributed by atoms with Crippen molar-refractivity contribution in [3.8, 4) is 5.75 Å². The number of ether oxygens (including phenoxy) is 1. The van der Waals surface area contributed by atoms with Crippen LogP contribution in [0.1, 0.15) is 24.3 Å². The normalized spacial score (nSPS) is 16.0. The van der Waals surface area contributed by atoms with Gasteiger partial charge < -0.3 is 14.1 Å². The van der Waals surface area contributed by atoms with Crippen molar-refractivity contribution in [2.24, 2.45) is 0 Å². The van der Waals surface area contributed by atoms with Crippen LogP contribution in [0.2, 0.25) is 0 Å². The number of hydrogen-bond acceptors (Lipinski definition) is 6. The fraction of sp³-hybridized carbons (Fsp3) is 0.360. The number of hydrogen-bond donors (Lipinski definition) is 1. The number of aryl methyl sites for hydroxylation is 1. The van der Waals surface area contributed by atoms with Gasteiger partial charge in [0.25, 0.3) is 0 Å². The largest absolute Gasteiger partial charge is 0.497 e. The first-order valence-corrected chi connectivity index (χ1v) is 12.7. The Bertz CT molecular complexity index is 1110. The fourth-order valence-electron chi connectivity index (χ4n) is 4.15. The molecular formula is C25H31N3O4S. The first kappa shape index (κ1) is 23.4. The molecule has 8 heteroatoms. The number of methoxy groups -OCH3 is 1. The molecule has 1 atom stereocenters. The molecule has 1 fully saturated rings. The number of anilines is 1. The minimum Gasteiger partial charge on any atom is -0.497 e. The minimum atomic E-state index is -3.61. The summed E-state index contributed by atoms with van der Waals surface area (Å²) in [6.45, 7) is 5.57. The Balaban J connectivity index is 1.42. The van der Waals surface area contributed by atoms with Crippen molar-refractivity contribution in [3.63, 3.8) is 0 Å². The molecule has 1 aliphatic rings. The lowest BCUT2D eigenvalue weighted by atomic mass is 10.1. The summed E-state index contributed by atoms with van der Waals surface area (Å²) < 4.78 is 39.5. The van der Waals surface area contributed by atoms with E-state index in [-0.39, 0.29) is 17.5 Å². The summed E-state index contributed by atoms with van der Waals surface area (Å²) in [4.78, 5) is 4.89. The maximum atomic E-state index is 12.9. The highest BCUT2D eigenvalue weighted by molar-refractivity contribution is 7.89. The fourth-order valence-corrected chi connectivity index (χ4v) is 5.19. The summed E-state index contributed by atoms with van der Waals surface area (Å²) >= 11 is 0. The van der Waals surface area contributed by atoms with E-state index in [1.165, 1.54) is 0 Å². The molecule has 0 spiro atoms. The SMILES string of the molecule is CCc1ccc(S(=O)(=O)NCC(c2ccco2)N2CCN(c3ccc(OC)cc3)CC2)cc1. The summed E-state index contributed by atoms with van der Waals surface area (Å²) in [5, 5.41) is 0. The van der Waals surface area contributed by atoms with Gasteiger partial charge >= 0.3 is 0 Å². The van der Waals surface area contributed by atoms with E-state index in [4.69, 9.17) is 9.15 Å². The highest BCUT2D eigenvalue weighted by atomic mass is 32.2. The van der Waals surface area contributed by atoms with E-state index in [0.717, 1.165) is 55.4 Å². The van der Waals surface area contributed by atoms with Gasteiger partial charge in [-0.05, 0) is 60.5 Å². The van der Waals surface area contributed by atoms with Gasteiger partial charge in [-0.2, -0.15) is 0 Å². The molecule has 4 rings (SSSR count). The Hall–Kier alpha value is -2.81. The zero-order valence-corrected chi connectivity index (χ0v) is 19.9. The molecule has 0 saturated carbocycles. The van der Waals surface area contributed by atoms with Gasteiger partial charge in [0.2, 0.25) is 10.0 Å². The quantitative estimate of drug-likeness (QED) is 0.515. The Morgan fingerprint density at radius 1 is 1.00 bits per heavy atom. The predicted molar refractivity (Wildman–Crippen MR) is 129 cm³/mol. The van der Waals surface area contributed by atoms with E-state index in [9.17, 15) is 8.42 Å². The van der Waals surface area contributed by atoms with E-state index in [2.05, 4.69) is 26.7 Å². The summed E-state index contributed by atoms with van der Waals surface area (Å²) in [6, 6.07) is 18.7. The van der Waals surface area contributed by atoms with E-state index in [1.807, 2.05) is 43.3 Å². The molecule has 1 unspecified atom stereocenters. The second kappa shape index (κ2) is 10.4. The molecule has 2 aromatic carbocycles. The Morgan fingerprint density at radius 2 is 1.70 bits per heavy atom. The van der Waals surface area contributed by atoms with Crippen LogP contribution in [0.15, 0.2) is 76.2 Å². The molecule has 3 aromatic rings. The lowest BCUT2D eigenvalue weighted by molar-refractivity contribution is 0.166. The van der Waals surface area contributed by atoms with Crippen molar-refractivity contribution in [2.45, 2.75) is 24.3 Å². The molecule has 1 aromatic heterocycles. The van der Waals surface area contributed by atoms with Crippen LogP contribution >= 0.6 is 0 Å². The van der Waals surface area contributed by atoms with Crippen molar-refractivity contribution >= 4 is 15.7 Å². The van der Waals surface area contributed by atoms with Crippen LogP contribution in [0.5, 0.6) is 5.75 Å². The molecule has 2 heterocycles. The molecule has 0 aliphatic carbocycles. The molecule has 1 saturated heterocycles. The second-order valence-electron chi connectivity index (χ2n) is 8.10. The predicted octanol–water partition coefficient (Wildman–Crippen LogP) is 3.69. The maximum absolute atomic E-state index is 12.9. The van der Waals surface area contributed by atoms with Crippen LogP contribution in [0.25, 0.3) is 0 Å². The first-order valence-electron chi connectivity index (χ1n) is 11.2. The van der Waals surface area contributed by atoms with E-state index < -0.39 is 10.0 Å². The van der Waals surface area contributed by atoms with E-state index >= 15 is 0 Å². The second-order valence-corrected chi connectivity index (χ2v) is 9.87. The van der Waals surface area contributed by atoms with Gasteiger partial charge in [0.15, 0.2) is 0 Å². The lowest BCUT2D eigenvalue weighted by Crippen LogP contribution is -2.49. The van der Waals surface area contributed by atoms with Crippen molar-refractivity contribution in [1.82, 2.24) is 9.62 Å². The van der Waals surface area contributed by atoms with Crippen LogP contribution in [0.4, 0.5) is 5.69 Å². The van der Waals surface area contributed by atoms with E-state index in [1.54, 1.807) is 25.5 Å². The van der Waals surface area contributed by atoms with Crippen LogP contribution in [0.3, 0.4) is 0 Å². The summed E-state index contributed by atoms with van der Waals surface area (Å²) in [5.74, 6) is 1.60. The molecule has 7 nitrogen and oxygen atoms in total. The van der Waals surface area contributed by atoms with Crippen molar-refractivity contribution in [3.05, 3.63) is 78.3 Å². The van der Waals surface area contributed by atoms with Crippen LogP contribution < -0.4 is 14.4 Å². The van der Waals surface area contributed by atoms with Gasteiger partial charge in [-0.1, -0.05) is 19.1 Å². The summed E-state index contributed by atoms with van der Waals surface area (Å²) in [5.41, 5.74) is 2.26. The van der Waals surface area contributed by atoms with E-state index in [0.29, 0.717) is 0 Å². The summed E-state index contributed by atoms with van der Waals surface area (Å²) in [6.07, 6.45) is 2.50.